The van der Waals surface area contributed by atoms with Crippen molar-refractivity contribution in [3.63, 3.8) is 0 Å². The quantitative estimate of drug-likeness (QED) is 0.854. The molecule has 1 rings (SSSR count). The number of anilines is 1. The van der Waals surface area contributed by atoms with Crippen molar-refractivity contribution in [1.82, 2.24) is 0 Å². The molecule has 0 fully saturated rings. The van der Waals surface area contributed by atoms with Gasteiger partial charge in [-0.15, -0.1) is 0 Å². The molecule has 90 valence electrons. The summed E-state index contributed by atoms with van der Waals surface area (Å²) in [6, 6.07) is 2.02. The summed E-state index contributed by atoms with van der Waals surface area (Å²) in [6.07, 6.45) is 0. The molecule has 0 heterocycles. The van der Waals surface area contributed by atoms with Gasteiger partial charge in [-0.3, -0.25) is 0 Å². The predicted octanol–water partition coefficient (Wildman–Crippen LogP) is 2.72. The second-order valence-electron chi connectivity index (χ2n) is 4.07. The van der Waals surface area contributed by atoms with Crippen molar-refractivity contribution in [3.8, 4) is 5.75 Å². The van der Waals surface area contributed by atoms with E-state index in [1.165, 1.54) is 0 Å². The molecule has 0 aromatic heterocycles. The Morgan fingerprint density at radius 3 is 2.62 bits per heavy atom. The third-order valence-electron chi connectivity index (χ3n) is 2.47. The van der Waals surface area contributed by atoms with Crippen LogP contribution in [0.1, 0.15) is 18.1 Å². The molecule has 0 radical (unpaired) electrons. The van der Waals surface area contributed by atoms with Crippen molar-refractivity contribution in [3.05, 3.63) is 22.2 Å². The first kappa shape index (κ1) is 13.1. The van der Waals surface area contributed by atoms with Crippen molar-refractivity contribution in [2.24, 2.45) is 5.73 Å². The lowest BCUT2D eigenvalue weighted by molar-refractivity contribution is 0.416. The zero-order chi connectivity index (χ0) is 12.3. The van der Waals surface area contributed by atoms with Gasteiger partial charge in [0.15, 0.2) is 0 Å². The van der Waals surface area contributed by atoms with E-state index in [-0.39, 0.29) is 6.04 Å². The van der Waals surface area contributed by atoms with Crippen LogP contribution in [-0.2, 0) is 0 Å². The summed E-state index contributed by atoms with van der Waals surface area (Å²) in [5.74, 6) is 0.806. The highest BCUT2D eigenvalue weighted by molar-refractivity contribution is 6.32. The summed E-state index contributed by atoms with van der Waals surface area (Å²) in [5, 5.41) is 4.04. The van der Waals surface area contributed by atoms with Crippen LogP contribution in [0.15, 0.2) is 6.07 Å². The Kier molecular flexibility index (Phi) is 4.44. The Balaban J connectivity index is 3.09. The maximum absolute atomic E-state index is 6.20. The Labute approximate surface area is 102 Å². The smallest absolute Gasteiger partial charge is 0.142 e. The van der Waals surface area contributed by atoms with Gasteiger partial charge in [0, 0.05) is 17.6 Å². The fraction of sp³-hybridized carbons (Fsp3) is 0.500. The zero-order valence-corrected chi connectivity index (χ0v) is 11.0. The molecule has 1 aromatic rings. The SMILES string of the molecule is COc1cc(C)c(Cl)c(C)c1NCC(C)N. The van der Waals surface area contributed by atoms with Gasteiger partial charge < -0.3 is 15.8 Å². The maximum Gasteiger partial charge on any atom is 0.142 e. The fourth-order valence-electron chi connectivity index (χ4n) is 1.57. The number of rotatable bonds is 4. The van der Waals surface area contributed by atoms with Crippen molar-refractivity contribution < 1.29 is 4.74 Å². The number of hydrogen-bond donors (Lipinski definition) is 2. The first-order chi connectivity index (χ1) is 7.47. The first-order valence-corrected chi connectivity index (χ1v) is 5.68. The third-order valence-corrected chi connectivity index (χ3v) is 3.05. The number of benzene rings is 1. The molecule has 0 saturated heterocycles. The number of nitrogens with two attached hydrogens (primary N) is 1. The van der Waals surface area contributed by atoms with Gasteiger partial charge in [-0.05, 0) is 38.0 Å². The lowest BCUT2D eigenvalue weighted by atomic mass is 10.1. The summed E-state index contributed by atoms with van der Waals surface area (Å²) >= 11 is 6.20. The third kappa shape index (κ3) is 2.80. The van der Waals surface area contributed by atoms with Gasteiger partial charge in [-0.2, -0.15) is 0 Å². The highest BCUT2D eigenvalue weighted by Crippen LogP contribution is 2.35. The molecule has 0 bridgehead atoms. The van der Waals surface area contributed by atoms with E-state index in [1.807, 2.05) is 26.8 Å². The summed E-state index contributed by atoms with van der Waals surface area (Å²) in [7, 11) is 1.65. The molecule has 3 N–H and O–H groups in total. The van der Waals surface area contributed by atoms with Crippen LogP contribution in [0, 0.1) is 13.8 Å². The average Bonchev–Trinajstić information content (AvgIpc) is 2.23. The molecule has 1 aromatic carbocycles. The van der Waals surface area contributed by atoms with E-state index in [0.29, 0.717) is 6.54 Å². The molecule has 0 aliphatic heterocycles. The van der Waals surface area contributed by atoms with Crippen LogP contribution >= 0.6 is 11.6 Å². The minimum atomic E-state index is 0.0872. The monoisotopic (exact) mass is 242 g/mol. The number of methoxy groups -OCH3 is 1. The van der Waals surface area contributed by atoms with Crippen molar-refractivity contribution >= 4 is 17.3 Å². The van der Waals surface area contributed by atoms with Crippen LogP contribution in [0.5, 0.6) is 5.75 Å². The molecule has 1 atom stereocenters. The standard InChI is InChI=1S/C12H19ClN2O/c1-7-5-10(16-4)12(9(3)11(7)13)15-6-8(2)14/h5,8,15H,6,14H2,1-4H3. The maximum atomic E-state index is 6.20. The lowest BCUT2D eigenvalue weighted by Crippen LogP contribution is -2.25. The Hall–Kier alpha value is -0.930. The van der Waals surface area contributed by atoms with Gasteiger partial charge in [0.1, 0.15) is 5.75 Å². The van der Waals surface area contributed by atoms with E-state index in [4.69, 9.17) is 22.1 Å². The molecule has 0 aliphatic carbocycles. The van der Waals surface area contributed by atoms with Crippen LogP contribution in [0.2, 0.25) is 5.02 Å². The normalized spacial score (nSPS) is 12.4. The van der Waals surface area contributed by atoms with Gasteiger partial charge in [-0.1, -0.05) is 11.6 Å². The van der Waals surface area contributed by atoms with Crippen LogP contribution < -0.4 is 15.8 Å². The minimum absolute atomic E-state index is 0.0872. The number of ether oxygens (including phenoxy) is 1. The molecule has 1 unspecified atom stereocenters. The largest absolute Gasteiger partial charge is 0.495 e. The minimum Gasteiger partial charge on any atom is -0.495 e. The average molecular weight is 243 g/mol. The zero-order valence-electron chi connectivity index (χ0n) is 10.2. The van der Waals surface area contributed by atoms with Crippen LogP contribution in [-0.4, -0.2) is 19.7 Å². The molecule has 3 nitrogen and oxygen atoms in total. The predicted molar refractivity (Wildman–Crippen MR) is 69.6 cm³/mol. The second kappa shape index (κ2) is 5.41. The highest BCUT2D eigenvalue weighted by atomic mass is 35.5. The van der Waals surface area contributed by atoms with E-state index in [1.54, 1.807) is 7.11 Å². The Bertz CT molecular complexity index is 378. The van der Waals surface area contributed by atoms with Crippen LogP contribution in [0.25, 0.3) is 0 Å². The van der Waals surface area contributed by atoms with E-state index in [2.05, 4.69) is 5.32 Å². The van der Waals surface area contributed by atoms with Gasteiger partial charge in [0.05, 0.1) is 12.8 Å². The van der Waals surface area contributed by atoms with Gasteiger partial charge in [0.2, 0.25) is 0 Å². The summed E-state index contributed by atoms with van der Waals surface area (Å²) < 4.78 is 5.33. The second-order valence-corrected chi connectivity index (χ2v) is 4.45. The topological polar surface area (TPSA) is 47.3 Å². The van der Waals surface area contributed by atoms with Crippen molar-refractivity contribution in [2.45, 2.75) is 26.8 Å². The summed E-state index contributed by atoms with van der Waals surface area (Å²) in [4.78, 5) is 0. The van der Waals surface area contributed by atoms with Crippen LogP contribution in [0.4, 0.5) is 5.69 Å². The fourth-order valence-corrected chi connectivity index (χ4v) is 1.72. The Morgan fingerprint density at radius 2 is 2.12 bits per heavy atom. The van der Waals surface area contributed by atoms with Crippen molar-refractivity contribution in [2.75, 3.05) is 19.0 Å². The highest BCUT2D eigenvalue weighted by Gasteiger charge is 2.12. The van der Waals surface area contributed by atoms with Gasteiger partial charge in [0.25, 0.3) is 0 Å². The summed E-state index contributed by atoms with van der Waals surface area (Å²) in [6.45, 7) is 6.58. The number of hydrogen-bond acceptors (Lipinski definition) is 3. The van der Waals surface area contributed by atoms with Crippen molar-refractivity contribution in [1.29, 1.82) is 0 Å². The van der Waals surface area contributed by atoms with E-state index in [0.717, 1.165) is 27.6 Å². The van der Waals surface area contributed by atoms with E-state index in [9.17, 15) is 0 Å². The number of aryl methyl sites for hydroxylation is 1. The summed E-state index contributed by atoms with van der Waals surface area (Å²) in [5.41, 5.74) is 8.66. The van der Waals surface area contributed by atoms with E-state index < -0.39 is 0 Å². The van der Waals surface area contributed by atoms with E-state index >= 15 is 0 Å². The van der Waals surface area contributed by atoms with Gasteiger partial charge in [-0.25, -0.2) is 0 Å². The van der Waals surface area contributed by atoms with Crippen LogP contribution in [0.3, 0.4) is 0 Å². The molecular weight excluding hydrogens is 224 g/mol. The first-order valence-electron chi connectivity index (χ1n) is 5.30. The molecule has 16 heavy (non-hydrogen) atoms. The molecule has 0 aliphatic rings. The lowest BCUT2D eigenvalue weighted by Gasteiger charge is -2.17. The number of nitrogens with one attached hydrogen (secondary N) is 1. The molecule has 0 spiro atoms. The molecule has 4 heteroatoms. The molecule has 0 amide bonds. The number of halogens is 1. The van der Waals surface area contributed by atoms with Gasteiger partial charge >= 0.3 is 0 Å². The Morgan fingerprint density at radius 1 is 1.50 bits per heavy atom. The molecular formula is C12H19ClN2O. The molecule has 0 saturated carbocycles.